The molecule has 0 radical (unpaired) electrons. The molecule has 0 saturated carbocycles. The minimum Gasteiger partial charge on any atom is -0.480 e. The minimum absolute atomic E-state index is 0.0213. The summed E-state index contributed by atoms with van der Waals surface area (Å²) in [6, 6.07) is -0.979. The number of hydrogen-bond donors (Lipinski definition) is 3. The SMILES string of the molecule is CC(C)(C)Cl.NC(=O)CC[C@H](N)C(=O)O. The van der Waals surface area contributed by atoms with Crippen molar-refractivity contribution in [2.75, 3.05) is 0 Å². The number of alkyl halides is 1. The van der Waals surface area contributed by atoms with E-state index in [-0.39, 0.29) is 17.7 Å². The zero-order chi connectivity index (χ0) is 12.6. The predicted octanol–water partition coefficient (Wildman–Crippen LogP) is 0.687. The molecule has 0 fully saturated rings. The highest BCUT2D eigenvalue weighted by Crippen LogP contribution is 2.07. The average molecular weight is 239 g/mol. The Balaban J connectivity index is 0. The maximum absolute atomic E-state index is 10.1. The number of amides is 1. The lowest BCUT2D eigenvalue weighted by atomic mass is 10.2. The summed E-state index contributed by atoms with van der Waals surface area (Å²) in [5, 5.41) is 8.22. The summed E-state index contributed by atoms with van der Waals surface area (Å²) in [6.45, 7) is 5.86. The van der Waals surface area contributed by atoms with Crippen LogP contribution < -0.4 is 11.5 Å². The third kappa shape index (κ3) is 24.6. The van der Waals surface area contributed by atoms with Gasteiger partial charge >= 0.3 is 5.97 Å². The van der Waals surface area contributed by atoms with Crippen LogP contribution in [0.25, 0.3) is 0 Å². The molecule has 0 aromatic rings. The highest BCUT2D eigenvalue weighted by Gasteiger charge is 2.11. The third-order valence-corrected chi connectivity index (χ3v) is 1.02. The summed E-state index contributed by atoms with van der Waals surface area (Å²) in [4.78, 5) is 20.1. The molecule has 0 aromatic carbocycles. The number of aliphatic carboxylic acids is 1. The summed E-state index contributed by atoms with van der Waals surface area (Å²) in [5.41, 5.74) is 9.81. The van der Waals surface area contributed by atoms with Gasteiger partial charge in [0, 0.05) is 11.3 Å². The fourth-order valence-electron chi connectivity index (χ4n) is 0.421. The van der Waals surface area contributed by atoms with E-state index >= 15 is 0 Å². The van der Waals surface area contributed by atoms with Crippen LogP contribution in [0.15, 0.2) is 0 Å². The molecule has 0 heterocycles. The third-order valence-electron chi connectivity index (χ3n) is 1.02. The first-order valence-electron chi connectivity index (χ1n) is 4.49. The van der Waals surface area contributed by atoms with Crippen molar-refractivity contribution in [3.63, 3.8) is 0 Å². The molecule has 0 spiro atoms. The Morgan fingerprint density at radius 3 is 1.93 bits per heavy atom. The van der Waals surface area contributed by atoms with Gasteiger partial charge in [-0.2, -0.15) is 0 Å². The van der Waals surface area contributed by atoms with E-state index in [1.807, 2.05) is 20.8 Å². The normalized spacial score (nSPS) is 12.3. The van der Waals surface area contributed by atoms with Gasteiger partial charge < -0.3 is 16.6 Å². The van der Waals surface area contributed by atoms with Crippen LogP contribution in [0.2, 0.25) is 0 Å². The van der Waals surface area contributed by atoms with E-state index in [2.05, 4.69) is 0 Å². The van der Waals surface area contributed by atoms with E-state index in [0.29, 0.717) is 0 Å². The topological polar surface area (TPSA) is 106 Å². The molecule has 1 atom stereocenters. The first kappa shape index (κ1) is 16.6. The van der Waals surface area contributed by atoms with E-state index in [1.165, 1.54) is 0 Å². The van der Waals surface area contributed by atoms with Crippen molar-refractivity contribution in [3.8, 4) is 0 Å². The average Bonchev–Trinajstić information content (AvgIpc) is 1.96. The van der Waals surface area contributed by atoms with Crippen molar-refractivity contribution in [2.24, 2.45) is 11.5 Å². The first-order valence-corrected chi connectivity index (χ1v) is 4.87. The van der Waals surface area contributed by atoms with Gasteiger partial charge in [0.15, 0.2) is 0 Å². The second-order valence-corrected chi connectivity index (χ2v) is 5.15. The molecule has 6 heteroatoms. The molecule has 0 rings (SSSR count). The van der Waals surface area contributed by atoms with Gasteiger partial charge in [-0.25, -0.2) is 0 Å². The molecule has 5 N–H and O–H groups in total. The van der Waals surface area contributed by atoms with E-state index in [9.17, 15) is 9.59 Å². The van der Waals surface area contributed by atoms with E-state index in [0.717, 1.165) is 0 Å². The molecular formula is C9H19ClN2O3. The van der Waals surface area contributed by atoms with Gasteiger partial charge in [0.05, 0.1) is 0 Å². The monoisotopic (exact) mass is 238 g/mol. The van der Waals surface area contributed by atoms with Crippen molar-refractivity contribution < 1.29 is 14.7 Å². The summed E-state index contributed by atoms with van der Waals surface area (Å²) in [5.74, 6) is -1.64. The molecule has 0 aliphatic rings. The fraction of sp³-hybridized carbons (Fsp3) is 0.778. The number of nitrogens with two attached hydrogens (primary N) is 2. The maximum atomic E-state index is 10.1. The Hall–Kier alpha value is -0.810. The maximum Gasteiger partial charge on any atom is 0.320 e. The molecule has 0 aliphatic carbocycles. The number of primary amides is 1. The zero-order valence-corrected chi connectivity index (χ0v) is 10.0. The molecule has 90 valence electrons. The largest absolute Gasteiger partial charge is 0.480 e. The van der Waals surface area contributed by atoms with Crippen LogP contribution in [0.4, 0.5) is 0 Å². The summed E-state index contributed by atoms with van der Waals surface area (Å²) in [6.07, 6.45) is 0.123. The highest BCUT2D eigenvalue weighted by molar-refractivity contribution is 6.23. The van der Waals surface area contributed by atoms with Crippen LogP contribution in [-0.2, 0) is 9.59 Å². The summed E-state index contributed by atoms with van der Waals surface area (Å²) >= 11 is 5.53. The van der Waals surface area contributed by atoms with E-state index < -0.39 is 17.9 Å². The van der Waals surface area contributed by atoms with Crippen molar-refractivity contribution in [1.29, 1.82) is 0 Å². The second kappa shape index (κ2) is 7.48. The Morgan fingerprint density at radius 2 is 1.73 bits per heavy atom. The van der Waals surface area contributed by atoms with Gasteiger partial charge in [-0.05, 0) is 27.2 Å². The van der Waals surface area contributed by atoms with Gasteiger partial charge in [0.1, 0.15) is 6.04 Å². The van der Waals surface area contributed by atoms with Gasteiger partial charge in [-0.1, -0.05) is 0 Å². The van der Waals surface area contributed by atoms with E-state index in [4.69, 9.17) is 28.2 Å². The molecular weight excluding hydrogens is 220 g/mol. The number of halogens is 1. The van der Waals surface area contributed by atoms with Gasteiger partial charge in [0.2, 0.25) is 5.91 Å². The van der Waals surface area contributed by atoms with Crippen LogP contribution in [0, 0.1) is 0 Å². The predicted molar refractivity (Wildman–Crippen MR) is 59.6 cm³/mol. The number of carboxylic acid groups (broad SMARTS) is 1. The lowest BCUT2D eigenvalue weighted by Gasteiger charge is -2.01. The first-order chi connectivity index (χ1) is 6.54. The fourth-order valence-corrected chi connectivity index (χ4v) is 0.421. The quantitative estimate of drug-likeness (QED) is 0.627. The lowest BCUT2D eigenvalue weighted by Crippen LogP contribution is -2.31. The standard InChI is InChI=1S/C5H10N2O3.C4H9Cl/c6-3(5(9)10)1-2-4(7)8;1-4(2,3)5/h3H,1-2,6H2,(H2,7,8)(H,9,10);1-3H3/t3-;/m0./s1. The molecule has 0 unspecified atom stereocenters. The van der Waals surface area contributed by atoms with Crippen LogP contribution in [-0.4, -0.2) is 27.9 Å². The van der Waals surface area contributed by atoms with Crippen LogP contribution in [0.5, 0.6) is 0 Å². The van der Waals surface area contributed by atoms with Crippen molar-refractivity contribution in [3.05, 3.63) is 0 Å². The van der Waals surface area contributed by atoms with Crippen molar-refractivity contribution in [2.45, 2.75) is 44.5 Å². The van der Waals surface area contributed by atoms with Crippen molar-refractivity contribution >= 4 is 23.5 Å². The number of carboxylic acids is 1. The zero-order valence-electron chi connectivity index (χ0n) is 9.29. The van der Waals surface area contributed by atoms with Gasteiger partial charge in [-0.15, -0.1) is 11.6 Å². The molecule has 15 heavy (non-hydrogen) atoms. The molecule has 0 saturated heterocycles. The summed E-state index contributed by atoms with van der Waals surface area (Å²) < 4.78 is 0. The van der Waals surface area contributed by atoms with Gasteiger partial charge in [-0.3, -0.25) is 9.59 Å². The molecule has 5 nitrogen and oxygen atoms in total. The Morgan fingerprint density at radius 1 is 1.40 bits per heavy atom. The Bertz CT molecular complexity index is 208. The molecule has 0 aliphatic heterocycles. The van der Waals surface area contributed by atoms with Crippen LogP contribution >= 0.6 is 11.6 Å². The number of carbonyl (C=O) groups excluding carboxylic acids is 1. The number of carbonyl (C=O) groups is 2. The van der Waals surface area contributed by atoms with Gasteiger partial charge in [0.25, 0.3) is 0 Å². The molecule has 1 amide bonds. The second-order valence-electron chi connectivity index (χ2n) is 4.02. The Kier molecular flexibility index (Phi) is 8.28. The Labute approximate surface area is 94.8 Å². The molecule has 0 bridgehead atoms. The summed E-state index contributed by atoms with van der Waals surface area (Å²) in [7, 11) is 0. The van der Waals surface area contributed by atoms with Crippen LogP contribution in [0.3, 0.4) is 0 Å². The number of rotatable bonds is 4. The van der Waals surface area contributed by atoms with Crippen LogP contribution in [0.1, 0.15) is 33.6 Å². The minimum atomic E-state index is -1.11. The smallest absolute Gasteiger partial charge is 0.320 e. The lowest BCUT2D eigenvalue weighted by molar-refractivity contribution is -0.138. The van der Waals surface area contributed by atoms with Crippen molar-refractivity contribution in [1.82, 2.24) is 0 Å². The highest BCUT2D eigenvalue weighted by atomic mass is 35.5. The van der Waals surface area contributed by atoms with E-state index in [1.54, 1.807) is 0 Å². The number of hydrogen-bond acceptors (Lipinski definition) is 3. The molecule has 0 aromatic heterocycles.